The van der Waals surface area contributed by atoms with Crippen LogP contribution in [0.4, 0.5) is 11.4 Å². The number of fused-ring (bicyclic) bond motifs is 1. The lowest BCUT2D eigenvalue weighted by Gasteiger charge is -2.33. The quantitative estimate of drug-likeness (QED) is 0.693. The molecule has 24 heavy (non-hydrogen) atoms. The molecular weight excluding hydrogens is 302 g/mol. The first-order chi connectivity index (χ1) is 11.6. The fraction of sp³-hybridized carbons (Fsp3) is 0.263. The maximum Gasteiger partial charge on any atom is 0.269 e. The molecule has 122 valence electrons. The predicted octanol–water partition coefficient (Wildman–Crippen LogP) is 2.69. The molecule has 0 radical (unpaired) electrons. The third kappa shape index (κ3) is 2.91. The number of aryl methyl sites for hydroxylation is 1. The molecule has 0 saturated heterocycles. The number of hydrogen-bond donors (Lipinski definition) is 1. The van der Waals surface area contributed by atoms with E-state index in [1.54, 1.807) is 18.2 Å². The first-order valence-electron chi connectivity index (χ1n) is 7.95. The number of hydrogen-bond acceptors (Lipinski definition) is 4. The summed E-state index contributed by atoms with van der Waals surface area (Å²) in [6, 6.07) is 15.2. The molecule has 5 nitrogen and oxygen atoms in total. The Morgan fingerprint density at radius 3 is 2.71 bits per heavy atom. The normalized spacial score (nSPS) is 16.2. The van der Waals surface area contributed by atoms with Crippen LogP contribution in [0.2, 0.25) is 0 Å². The van der Waals surface area contributed by atoms with E-state index in [0.717, 1.165) is 12.0 Å². The van der Waals surface area contributed by atoms with Crippen LogP contribution in [0, 0.1) is 11.3 Å². The zero-order chi connectivity index (χ0) is 17.1. The molecule has 0 saturated carbocycles. The van der Waals surface area contributed by atoms with Gasteiger partial charge in [0.25, 0.3) is 5.91 Å². The minimum absolute atomic E-state index is 0.0232. The van der Waals surface area contributed by atoms with Crippen LogP contribution >= 0.6 is 0 Å². The van der Waals surface area contributed by atoms with E-state index in [4.69, 9.17) is 15.7 Å². The number of nitriles is 1. The first-order valence-corrected chi connectivity index (χ1v) is 7.95. The lowest BCUT2D eigenvalue weighted by molar-refractivity contribution is -0.126. The Morgan fingerprint density at radius 1 is 1.25 bits per heavy atom. The second-order valence-corrected chi connectivity index (χ2v) is 5.74. The van der Waals surface area contributed by atoms with Crippen molar-refractivity contribution in [2.24, 2.45) is 0 Å². The molecule has 0 aromatic heterocycles. The van der Waals surface area contributed by atoms with Gasteiger partial charge in [0.1, 0.15) is 12.3 Å². The highest BCUT2D eigenvalue weighted by Gasteiger charge is 2.34. The van der Waals surface area contributed by atoms with Gasteiger partial charge in [-0.15, -0.1) is 0 Å². The molecule has 0 aliphatic carbocycles. The second kappa shape index (κ2) is 6.63. The molecule has 5 heteroatoms. The molecule has 2 N–H and O–H groups in total. The maximum absolute atomic E-state index is 12.8. The van der Waals surface area contributed by atoms with Crippen LogP contribution in [0.3, 0.4) is 0 Å². The summed E-state index contributed by atoms with van der Waals surface area (Å²) in [6.07, 6.45) is 0.739. The Hall–Kier alpha value is -3.00. The molecule has 2 aromatic carbocycles. The first kappa shape index (κ1) is 15.9. The van der Waals surface area contributed by atoms with E-state index in [0.29, 0.717) is 23.5 Å². The van der Waals surface area contributed by atoms with E-state index < -0.39 is 6.10 Å². The van der Waals surface area contributed by atoms with Gasteiger partial charge in [0.2, 0.25) is 0 Å². The summed E-state index contributed by atoms with van der Waals surface area (Å²) in [4.78, 5) is 14.3. The number of nitrogen functional groups attached to an aromatic ring is 1. The SMILES string of the molecule is CCc1ccccc1CC1Oc2ccc(N)cc2N(CC#N)C1=O. The van der Waals surface area contributed by atoms with Crippen LogP contribution < -0.4 is 15.4 Å². The van der Waals surface area contributed by atoms with E-state index >= 15 is 0 Å². The highest BCUT2D eigenvalue weighted by atomic mass is 16.5. The molecule has 1 atom stereocenters. The molecule has 3 rings (SSSR count). The van der Waals surface area contributed by atoms with E-state index in [1.807, 2.05) is 24.3 Å². The summed E-state index contributed by atoms with van der Waals surface area (Å²) in [5.74, 6) is 0.374. The van der Waals surface area contributed by atoms with Gasteiger partial charge in [0.05, 0.1) is 11.8 Å². The van der Waals surface area contributed by atoms with Gasteiger partial charge < -0.3 is 10.5 Å². The zero-order valence-corrected chi connectivity index (χ0v) is 13.5. The molecule has 1 heterocycles. The largest absolute Gasteiger partial charge is 0.478 e. The standard InChI is InChI=1S/C19H19N3O2/c1-2-13-5-3-4-6-14(13)11-18-19(23)22(10-9-20)16-12-15(21)7-8-17(16)24-18/h3-8,12,18H,2,10-11,21H2,1H3. The minimum atomic E-state index is -0.637. The monoisotopic (exact) mass is 321 g/mol. The molecule has 1 unspecified atom stereocenters. The van der Waals surface area contributed by atoms with E-state index in [2.05, 4.69) is 13.0 Å². The van der Waals surface area contributed by atoms with Crippen molar-refractivity contribution in [3.63, 3.8) is 0 Å². The van der Waals surface area contributed by atoms with E-state index in [1.165, 1.54) is 10.5 Å². The van der Waals surface area contributed by atoms with Crippen molar-refractivity contribution in [1.82, 2.24) is 0 Å². The van der Waals surface area contributed by atoms with Crippen LogP contribution in [0.25, 0.3) is 0 Å². The number of carbonyl (C=O) groups is 1. The molecule has 1 aliphatic heterocycles. The summed E-state index contributed by atoms with van der Waals surface area (Å²) >= 11 is 0. The Morgan fingerprint density at radius 2 is 2.00 bits per heavy atom. The molecule has 0 spiro atoms. The van der Waals surface area contributed by atoms with Crippen molar-refractivity contribution >= 4 is 17.3 Å². The van der Waals surface area contributed by atoms with Crippen molar-refractivity contribution < 1.29 is 9.53 Å². The van der Waals surface area contributed by atoms with Crippen molar-refractivity contribution in [1.29, 1.82) is 5.26 Å². The van der Waals surface area contributed by atoms with Gasteiger partial charge in [-0.2, -0.15) is 5.26 Å². The molecule has 2 aromatic rings. The number of nitrogens with zero attached hydrogens (tertiary/aromatic N) is 2. The average molecular weight is 321 g/mol. The minimum Gasteiger partial charge on any atom is -0.478 e. The van der Waals surface area contributed by atoms with Gasteiger partial charge in [0.15, 0.2) is 6.10 Å². The van der Waals surface area contributed by atoms with E-state index in [9.17, 15) is 4.79 Å². The fourth-order valence-corrected chi connectivity index (χ4v) is 3.01. The maximum atomic E-state index is 12.8. The predicted molar refractivity (Wildman–Crippen MR) is 92.8 cm³/mol. The van der Waals surface area contributed by atoms with Crippen molar-refractivity contribution in [3.05, 3.63) is 53.6 Å². The lowest BCUT2D eigenvalue weighted by Crippen LogP contribution is -2.47. The van der Waals surface area contributed by atoms with Crippen LogP contribution in [0.5, 0.6) is 5.75 Å². The van der Waals surface area contributed by atoms with Crippen molar-refractivity contribution in [2.45, 2.75) is 25.9 Å². The number of benzene rings is 2. The van der Waals surface area contributed by atoms with Crippen LogP contribution in [-0.2, 0) is 17.6 Å². The smallest absolute Gasteiger partial charge is 0.269 e. The summed E-state index contributed by atoms with van der Waals surface area (Å²) in [7, 11) is 0. The number of anilines is 2. The number of carbonyl (C=O) groups excluding carboxylic acids is 1. The third-order valence-corrected chi connectivity index (χ3v) is 4.22. The highest BCUT2D eigenvalue weighted by Crippen LogP contribution is 2.36. The van der Waals surface area contributed by atoms with Gasteiger partial charge >= 0.3 is 0 Å². The molecule has 1 amide bonds. The topological polar surface area (TPSA) is 79.3 Å². The summed E-state index contributed by atoms with van der Waals surface area (Å²) < 4.78 is 5.92. The van der Waals surface area contributed by atoms with Gasteiger partial charge in [-0.05, 0) is 35.7 Å². The molecular formula is C19H19N3O2. The van der Waals surface area contributed by atoms with Gasteiger partial charge in [0, 0.05) is 12.1 Å². The van der Waals surface area contributed by atoms with Crippen LogP contribution in [-0.4, -0.2) is 18.6 Å². The Labute approximate surface area is 141 Å². The summed E-state index contributed by atoms with van der Waals surface area (Å²) in [5, 5.41) is 9.07. The van der Waals surface area contributed by atoms with Gasteiger partial charge in [-0.3, -0.25) is 9.69 Å². The average Bonchev–Trinajstić information content (AvgIpc) is 2.59. The number of amides is 1. The van der Waals surface area contributed by atoms with Crippen LogP contribution in [0.1, 0.15) is 18.1 Å². The highest BCUT2D eigenvalue weighted by molar-refractivity contribution is 6.01. The zero-order valence-electron chi connectivity index (χ0n) is 13.5. The Bertz CT molecular complexity index is 810. The van der Waals surface area contributed by atoms with Gasteiger partial charge in [-0.1, -0.05) is 31.2 Å². The Kier molecular flexibility index (Phi) is 4.39. The Balaban J connectivity index is 1.94. The number of rotatable bonds is 4. The fourth-order valence-electron chi connectivity index (χ4n) is 3.01. The molecule has 0 fully saturated rings. The van der Waals surface area contributed by atoms with Crippen molar-refractivity contribution in [3.8, 4) is 11.8 Å². The lowest BCUT2D eigenvalue weighted by atomic mass is 9.98. The number of nitrogens with two attached hydrogens (primary N) is 1. The summed E-state index contributed by atoms with van der Waals surface area (Å²) in [5.41, 5.74) is 9.18. The summed E-state index contributed by atoms with van der Waals surface area (Å²) in [6.45, 7) is 2.06. The van der Waals surface area contributed by atoms with E-state index in [-0.39, 0.29) is 12.5 Å². The van der Waals surface area contributed by atoms with Crippen molar-refractivity contribution in [2.75, 3.05) is 17.2 Å². The van der Waals surface area contributed by atoms with Crippen LogP contribution in [0.15, 0.2) is 42.5 Å². The molecule has 1 aliphatic rings. The number of ether oxygens (including phenoxy) is 1. The molecule has 0 bridgehead atoms. The third-order valence-electron chi connectivity index (χ3n) is 4.22. The van der Waals surface area contributed by atoms with Gasteiger partial charge in [-0.25, -0.2) is 0 Å². The second-order valence-electron chi connectivity index (χ2n) is 5.74.